The van der Waals surface area contributed by atoms with E-state index in [1.54, 1.807) is 0 Å². The number of likely N-dealkylation sites (tertiary alicyclic amines) is 1. The zero-order valence-corrected chi connectivity index (χ0v) is 12.8. The van der Waals surface area contributed by atoms with Gasteiger partial charge in [0.05, 0.1) is 0 Å². The summed E-state index contributed by atoms with van der Waals surface area (Å²) in [6, 6.07) is 0.811. The van der Waals surface area contributed by atoms with Crippen molar-refractivity contribution in [3.63, 3.8) is 0 Å². The quantitative estimate of drug-likeness (QED) is 0.650. The van der Waals surface area contributed by atoms with Gasteiger partial charge in [-0.3, -0.25) is 4.90 Å². The zero-order valence-electron chi connectivity index (χ0n) is 12.8. The van der Waals surface area contributed by atoms with Crippen LogP contribution in [0.5, 0.6) is 0 Å². The Morgan fingerprint density at radius 1 is 1.00 bits per heavy atom. The van der Waals surface area contributed by atoms with Crippen molar-refractivity contribution >= 4 is 0 Å². The summed E-state index contributed by atoms with van der Waals surface area (Å²) in [5.74, 6) is 0. The molecule has 1 aliphatic carbocycles. The van der Waals surface area contributed by atoms with Gasteiger partial charge in [0.1, 0.15) is 0 Å². The second kappa shape index (κ2) is 3.98. The summed E-state index contributed by atoms with van der Waals surface area (Å²) in [6.45, 7) is 15.6. The van der Waals surface area contributed by atoms with E-state index in [0.717, 1.165) is 11.5 Å². The lowest BCUT2D eigenvalue weighted by Gasteiger charge is -2.49. The average Bonchev–Trinajstić information content (AvgIpc) is 2.79. The first-order chi connectivity index (χ1) is 7.61. The normalized spacial score (nSPS) is 29.6. The summed E-state index contributed by atoms with van der Waals surface area (Å²) in [6.07, 6.45) is 7.27. The Morgan fingerprint density at radius 3 is 2.00 bits per heavy atom. The van der Waals surface area contributed by atoms with Crippen LogP contribution in [0.1, 0.15) is 73.6 Å². The van der Waals surface area contributed by atoms with Crippen LogP contribution in [0, 0.1) is 10.8 Å². The van der Waals surface area contributed by atoms with E-state index < -0.39 is 0 Å². The van der Waals surface area contributed by atoms with Gasteiger partial charge in [-0.25, -0.2) is 0 Å². The molecule has 1 aliphatic heterocycles. The van der Waals surface area contributed by atoms with Crippen molar-refractivity contribution in [2.45, 2.75) is 85.2 Å². The van der Waals surface area contributed by atoms with E-state index in [1.807, 2.05) is 0 Å². The maximum Gasteiger partial charge on any atom is 0.0128 e. The first-order valence-electron chi connectivity index (χ1n) is 7.38. The summed E-state index contributed by atoms with van der Waals surface area (Å²) in [5, 5.41) is 0. The average molecular weight is 237 g/mol. The fourth-order valence-electron chi connectivity index (χ4n) is 3.66. The lowest BCUT2D eigenvalue weighted by molar-refractivity contribution is 0.00501. The third-order valence-corrected chi connectivity index (χ3v) is 4.66. The summed E-state index contributed by atoms with van der Waals surface area (Å²) < 4.78 is 0. The first-order valence-corrected chi connectivity index (χ1v) is 7.38. The second-order valence-corrected chi connectivity index (χ2v) is 8.74. The van der Waals surface area contributed by atoms with E-state index in [2.05, 4.69) is 46.4 Å². The molecular formula is C16H31N. The van der Waals surface area contributed by atoms with E-state index in [9.17, 15) is 0 Å². The fraction of sp³-hybridized carbons (Fsp3) is 1.00. The van der Waals surface area contributed by atoms with Gasteiger partial charge in [-0.2, -0.15) is 0 Å². The largest absolute Gasteiger partial charge is 0.295 e. The molecular weight excluding hydrogens is 206 g/mol. The van der Waals surface area contributed by atoms with Crippen LogP contribution in [0.4, 0.5) is 0 Å². The number of rotatable bonds is 1. The maximum absolute atomic E-state index is 2.78. The van der Waals surface area contributed by atoms with Gasteiger partial charge in [0.15, 0.2) is 0 Å². The van der Waals surface area contributed by atoms with Gasteiger partial charge in [-0.05, 0) is 70.3 Å². The molecule has 1 heteroatoms. The Kier molecular flexibility index (Phi) is 3.14. The van der Waals surface area contributed by atoms with E-state index in [1.165, 1.54) is 38.6 Å². The predicted octanol–water partition coefficient (Wildman–Crippen LogP) is 4.47. The topological polar surface area (TPSA) is 3.24 Å². The molecule has 2 aliphatic rings. The smallest absolute Gasteiger partial charge is 0.0128 e. The maximum atomic E-state index is 2.78. The minimum atomic E-state index is 0.340. The van der Waals surface area contributed by atoms with E-state index in [0.29, 0.717) is 11.0 Å². The van der Waals surface area contributed by atoms with Crippen molar-refractivity contribution in [3.8, 4) is 0 Å². The SMILES string of the molecule is CC(C)(C)CC1CC2(CCN1C(C)(C)C)CC2. The van der Waals surface area contributed by atoms with Gasteiger partial charge in [0.25, 0.3) is 0 Å². The molecule has 0 aromatic heterocycles. The minimum absolute atomic E-state index is 0.340. The minimum Gasteiger partial charge on any atom is -0.295 e. The number of nitrogens with zero attached hydrogens (tertiary/aromatic N) is 1. The van der Waals surface area contributed by atoms with Crippen LogP contribution >= 0.6 is 0 Å². The molecule has 1 atom stereocenters. The molecule has 1 saturated heterocycles. The van der Waals surface area contributed by atoms with Crippen molar-refractivity contribution in [1.29, 1.82) is 0 Å². The monoisotopic (exact) mass is 237 g/mol. The van der Waals surface area contributed by atoms with Crippen LogP contribution < -0.4 is 0 Å². The van der Waals surface area contributed by atoms with Gasteiger partial charge in [-0.1, -0.05) is 20.8 Å². The predicted molar refractivity (Wildman–Crippen MR) is 75.2 cm³/mol. The van der Waals surface area contributed by atoms with Crippen molar-refractivity contribution in [1.82, 2.24) is 4.90 Å². The highest BCUT2D eigenvalue weighted by atomic mass is 15.2. The molecule has 1 spiro atoms. The molecule has 2 rings (SSSR count). The van der Waals surface area contributed by atoms with Gasteiger partial charge in [-0.15, -0.1) is 0 Å². The number of piperidine rings is 1. The Labute approximate surface area is 108 Å². The lowest BCUT2D eigenvalue weighted by Crippen LogP contribution is -2.53. The van der Waals surface area contributed by atoms with E-state index >= 15 is 0 Å². The first kappa shape index (κ1) is 13.4. The highest BCUT2D eigenvalue weighted by Crippen LogP contribution is 2.56. The third-order valence-electron chi connectivity index (χ3n) is 4.66. The van der Waals surface area contributed by atoms with Crippen molar-refractivity contribution in [2.75, 3.05) is 6.54 Å². The van der Waals surface area contributed by atoms with Gasteiger partial charge in [0, 0.05) is 11.6 Å². The molecule has 0 bridgehead atoms. The molecule has 1 heterocycles. The van der Waals surface area contributed by atoms with Crippen LogP contribution in [0.15, 0.2) is 0 Å². The van der Waals surface area contributed by atoms with Crippen LogP contribution in [0.3, 0.4) is 0 Å². The molecule has 17 heavy (non-hydrogen) atoms. The Balaban J connectivity index is 2.09. The Morgan fingerprint density at radius 2 is 1.59 bits per heavy atom. The summed E-state index contributed by atoms with van der Waals surface area (Å²) in [7, 11) is 0. The lowest BCUT2D eigenvalue weighted by atomic mass is 9.78. The molecule has 1 nitrogen and oxygen atoms in total. The number of hydrogen-bond acceptors (Lipinski definition) is 1. The molecule has 100 valence electrons. The second-order valence-electron chi connectivity index (χ2n) is 8.74. The van der Waals surface area contributed by atoms with Gasteiger partial charge >= 0.3 is 0 Å². The molecule has 0 aromatic carbocycles. The third kappa shape index (κ3) is 3.24. The highest BCUT2D eigenvalue weighted by Gasteiger charge is 2.49. The number of hydrogen-bond donors (Lipinski definition) is 0. The summed E-state index contributed by atoms with van der Waals surface area (Å²) in [4.78, 5) is 2.78. The standard InChI is InChI=1S/C16H31N/c1-14(2,3)11-13-12-16(7-8-16)9-10-17(13)15(4,5)6/h13H,7-12H2,1-6H3. The summed E-state index contributed by atoms with van der Waals surface area (Å²) in [5.41, 5.74) is 1.58. The molecule has 1 unspecified atom stereocenters. The summed E-state index contributed by atoms with van der Waals surface area (Å²) >= 11 is 0. The van der Waals surface area contributed by atoms with Crippen molar-refractivity contribution in [2.24, 2.45) is 10.8 Å². The Hall–Kier alpha value is -0.0400. The molecule has 2 fully saturated rings. The zero-order chi connectivity index (χ0) is 12.9. The molecule has 1 saturated carbocycles. The van der Waals surface area contributed by atoms with Crippen LogP contribution in [0.25, 0.3) is 0 Å². The van der Waals surface area contributed by atoms with Gasteiger partial charge < -0.3 is 0 Å². The van der Waals surface area contributed by atoms with E-state index in [-0.39, 0.29) is 0 Å². The van der Waals surface area contributed by atoms with Crippen molar-refractivity contribution in [3.05, 3.63) is 0 Å². The van der Waals surface area contributed by atoms with Crippen LogP contribution in [0.2, 0.25) is 0 Å². The van der Waals surface area contributed by atoms with Crippen LogP contribution in [-0.2, 0) is 0 Å². The molecule has 0 N–H and O–H groups in total. The molecule has 0 radical (unpaired) electrons. The van der Waals surface area contributed by atoms with Crippen molar-refractivity contribution < 1.29 is 0 Å². The Bertz CT molecular complexity index is 273. The van der Waals surface area contributed by atoms with Gasteiger partial charge in [0.2, 0.25) is 0 Å². The fourth-order valence-corrected chi connectivity index (χ4v) is 3.66. The molecule has 0 amide bonds. The highest BCUT2D eigenvalue weighted by molar-refractivity contribution is 5.03. The van der Waals surface area contributed by atoms with Crippen LogP contribution in [-0.4, -0.2) is 23.0 Å². The molecule has 0 aromatic rings. The van der Waals surface area contributed by atoms with E-state index in [4.69, 9.17) is 0 Å².